The lowest BCUT2D eigenvalue weighted by atomic mass is 9.91. The van der Waals surface area contributed by atoms with Crippen molar-refractivity contribution in [2.45, 2.75) is 128 Å². The number of carbonyl (C=O) groups is 2. The molecule has 0 saturated carbocycles. The molecule has 10 nitrogen and oxygen atoms in total. The summed E-state index contributed by atoms with van der Waals surface area (Å²) in [5, 5.41) is 31.7. The second kappa shape index (κ2) is 17.1. The Bertz CT molecular complexity index is 1120. The third-order valence-corrected chi connectivity index (χ3v) is 9.65. The second-order valence-electron chi connectivity index (χ2n) is 14.0. The number of nitrogens with zero attached hydrogens (tertiary/aromatic N) is 2. The van der Waals surface area contributed by atoms with Crippen molar-refractivity contribution in [3.8, 4) is 0 Å². The largest absolute Gasteiger partial charge is 0.457 e. The van der Waals surface area contributed by atoms with Gasteiger partial charge in [-0.3, -0.25) is 4.79 Å². The quantitative estimate of drug-likeness (QED) is 0.135. The lowest BCUT2D eigenvalue weighted by molar-refractivity contribution is -0.151. The average molecular weight is 647 g/mol. The van der Waals surface area contributed by atoms with Crippen molar-refractivity contribution >= 4 is 12.1 Å². The molecule has 3 heterocycles. The molecule has 3 aliphatic heterocycles. The fraction of sp³-hybridized carbons (Fsp3) is 0.722. The number of cyclic esters (lactones) is 1. The van der Waals surface area contributed by atoms with E-state index < -0.39 is 36.0 Å². The maximum absolute atomic E-state index is 13.1. The van der Waals surface area contributed by atoms with Crippen molar-refractivity contribution in [1.29, 1.82) is 0 Å². The molecule has 2 saturated heterocycles. The van der Waals surface area contributed by atoms with E-state index in [1.54, 1.807) is 30.1 Å². The van der Waals surface area contributed by atoms with Gasteiger partial charge in [-0.1, -0.05) is 51.7 Å². The monoisotopic (exact) mass is 646 g/mol. The topological polar surface area (TPSA) is 132 Å². The summed E-state index contributed by atoms with van der Waals surface area (Å²) in [6, 6.07) is 0.438. The van der Waals surface area contributed by atoms with Crippen LogP contribution in [0.1, 0.15) is 79.6 Å². The predicted molar refractivity (Wildman–Crippen MR) is 178 cm³/mol. The maximum Gasteiger partial charge on any atom is 0.410 e. The van der Waals surface area contributed by atoms with Gasteiger partial charge in [0.15, 0.2) is 0 Å². The molecule has 0 bridgehead atoms. The lowest BCUT2D eigenvalue weighted by Crippen LogP contribution is -2.45. The Hall–Kier alpha value is -2.50. The van der Waals surface area contributed by atoms with Crippen molar-refractivity contribution in [1.82, 2.24) is 9.80 Å². The summed E-state index contributed by atoms with van der Waals surface area (Å²) in [7, 11) is 4.10. The highest BCUT2D eigenvalue weighted by Gasteiger charge is 2.47. The van der Waals surface area contributed by atoms with Crippen LogP contribution in [0, 0.1) is 11.8 Å². The number of aliphatic hydroxyl groups excluding tert-OH is 2. The van der Waals surface area contributed by atoms with E-state index in [0.717, 1.165) is 18.4 Å². The van der Waals surface area contributed by atoms with E-state index in [4.69, 9.17) is 14.2 Å². The number of carbonyl (C=O) groups excluding carboxylic acids is 2. The highest BCUT2D eigenvalue weighted by molar-refractivity contribution is 5.70. The van der Waals surface area contributed by atoms with Gasteiger partial charge in [0.05, 0.1) is 36.4 Å². The van der Waals surface area contributed by atoms with Gasteiger partial charge >= 0.3 is 12.1 Å². The summed E-state index contributed by atoms with van der Waals surface area (Å²) < 4.78 is 17.6. The molecule has 0 aromatic heterocycles. The third kappa shape index (κ3) is 11.3. The smallest absolute Gasteiger partial charge is 0.410 e. The highest BCUT2D eigenvalue weighted by Crippen LogP contribution is 2.37. The first kappa shape index (κ1) is 38.0. The van der Waals surface area contributed by atoms with Gasteiger partial charge in [-0.15, -0.1) is 0 Å². The molecule has 9 unspecified atom stereocenters. The zero-order valence-electron chi connectivity index (χ0n) is 28.9. The number of allylic oxidation sites excluding steroid dienone is 2. The first-order valence-electron chi connectivity index (χ1n) is 16.9. The summed E-state index contributed by atoms with van der Waals surface area (Å²) in [4.78, 5) is 29.8. The molecule has 46 heavy (non-hydrogen) atoms. The van der Waals surface area contributed by atoms with Gasteiger partial charge in [0.2, 0.25) is 0 Å². The molecule has 9 atom stereocenters. The molecule has 0 spiro atoms. The number of esters is 1. The fourth-order valence-electron chi connectivity index (χ4n) is 6.33. The molecule has 260 valence electrons. The molecule has 0 aliphatic carbocycles. The zero-order valence-corrected chi connectivity index (χ0v) is 28.9. The van der Waals surface area contributed by atoms with Gasteiger partial charge in [0.1, 0.15) is 12.2 Å². The Balaban J connectivity index is 1.70. The van der Waals surface area contributed by atoms with Crippen LogP contribution in [0.5, 0.6) is 0 Å². The van der Waals surface area contributed by atoms with Crippen molar-refractivity contribution in [3.05, 3.63) is 48.1 Å². The molecule has 10 heteroatoms. The van der Waals surface area contributed by atoms with Gasteiger partial charge in [-0.2, -0.15) is 0 Å². The van der Waals surface area contributed by atoms with Crippen LogP contribution in [0.15, 0.2) is 48.1 Å². The van der Waals surface area contributed by atoms with Gasteiger partial charge in [0, 0.05) is 37.4 Å². The van der Waals surface area contributed by atoms with E-state index in [0.29, 0.717) is 50.4 Å². The van der Waals surface area contributed by atoms with Crippen LogP contribution in [-0.2, 0) is 19.0 Å². The maximum atomic E-state index is 13.1. The van der Waals surface area contributed by atoms with E-state index in [-0.39, 0.29) is 36.6 Å². The summed E-state index contributed by atoms with van der Waals surface area (Å²) >= 11 is 0. The first-order valence-corrected chi connectivity index (χ1v) is 16.9. The van der Waals surface area contributed by atoms with E-state index in [1.807, 2.05) is 39.8 Å². The summed E-state index contributed by atoms with van der Waals surface area (Å²) in [5.41, 5.74) is 0.272. The Kier molecular flexibility index (Phi) is 14.1. The normalized spacial score (nSPS) is 32.2. The fourth-order valence-corrected chi connectivity index (χ4v) is 6.33. The van der Waals surface area contributed by atoms with Crippen molar-refractivity contribution in [2.24, 2.45) is 11.8 Å². The minimum atomic E-state index is -1.13. The molecular weight excluding hydrogens is 588 g/mol. The standard InChI is InChI=1S/C36H58N2O8/c1-9-29(40)26(5)34-31(44-34)22-36(6,43)18-10-11-24(3)33-25(4)13-15-30(23(2)12-14-28(39)21-32(41)46-33)45-35(42)38-19-16-27(17-20-38)37(7)8/h10-11,13,15,18,25-31,33-34,39-40,43H,2,9,12,14,16-17,19-22H2,1,3-8H3/b15-13+,18-10+,24-11+. The minimum Gasteiger partial charge on any atom is -0.457 e. The van der Waals surface area contributed by atoms with Crippen molar-refractivity contribution < 1.29 is 39.1 Å². The van der Waals surface area contributed by atoms with Crippen molar-refractivity contribution in [3.63, 3.8) is 0 Å². The first-order chi connectivity index (χ1) is 21.6. The van der Waals surface area contributed by atoms with Crippen LogP contribution in [0.25, 0.3) is 0 Å². The number of epoxide rings is 1. The van der Waals surface area contributed by atoms with Crippen LogP contribution in [0.2, 0.25) is 0 Å². The number of hydrogen-bond donors (Lipinski definition) is 3. The molecule has 3 rings (SSSR count). The lowest BCUT2D eigenvalue weighted by Gasteiger charge is -2.35. The number of ether oxygens (including phenoxy) is 3. The van der Waals surface area contributed by atoms with Gasteiger partial charge in [-0.25, -0.2) is 4.79 Å². The molecular formula is C36H58N2O8. The number of aliphatic hydroxyl groups is 3. The molecule has 0 radical (unpaired) electrons. The van der Waals surface area contributed by atoms with Gasteiger partial charge in [0.25, 0.3) is 0 Å². The van der Waals surface area contributed by atoms with Crippen LogP contribution in [0.4, 0.5) is 4.79 Å². The molecule has 3 N–H and O–H groups in total. The van der Waals surface area contributed by atoms with Crippen LogP contribution >= 0.6 is 0 Å². The Labute approximate surface area is 275 Å². The van der Waals surface area contributed by atoms with Gasteiger partial charge in [-0.05, 0) is 77.3 Å². The Morgan fingerprint density at radius 2 is 1.93 bits per heavy atom. The number of hydrogen-bond acceptors (Lipinski definition) is 9. The molecule has 1 amide bonds. The molecule has 0 aromatic carbocycles. The summed E-state index contributed by atoms with van der Waals surface area (Å²) in [5.74, 6) is -0.790. The van der Waals surface area contributed by atoms with Crippen LogP contribution in [-0.4, -0.2) is 113 Å². The summed E-state index contributed by atoms with van der Waals surface area (Å²) in [6.07, 6.45) is 9.02. The van der Waals surface area contributed by atoms with Crippen LogP contribution in [0.3, 0.4) is 0 Å². The summed E-state index contributed by atoms with van der Waals surface area (Å²) in [6.45, 7) is 14.8. The van der Waals surface area contributed by atoms with E-state index in [2.05, 4.69) is 25.6 Å². The van der Waals surface area contributed by atoms with E-state index >= 15 is 0 Å². The number of piperidine rings is 1. The van der Waals surface area contributed by atoms with Gasteiger partial charge < -0.3 is 39.3 Å². The zero-order chi connectivity index (χ0) is 34.2. The number of amides is 1. The molecule has 0 aromatic rings. The minimum absolute atomic E-state index is 0.00154. The number of likely N-dealkylation sites (tertiary alicyclic amines) is 1. The Morgan fingerprint density at radius 3 is 2.57 bits per heavy atom. The molecule has 3 aliphatic rings. The molecule has 2 fully saturated rings. The van der Waals surface area contributed by atoms with E-state index in [1.165, 1.54) is 0 Å². The predicted octanol–water partition coefficient (Wildman–Crippen LogP) is 4.54. The highest BCUT2D eigenvalue weighted by atomic mass is 16.6. The van der Waals surface area contributed by atoms with Crippen molar-refractivity contribution in [2.75, 3.05) is 27.2 Å². The van der Waals surface area contributed by atoms with E-state index in [9.17, 15) is 24.9 Å². The SMILES string of the molecule is C=C1CCC(O)CC(=O)OC(/C(C)=C/C=C/C(C)(O)CC2OC2C(C)C(O)CC)C(C)/C=C/C1OC(=O)N1CCC(N(C)C)CC1. The third-order valence-electron chi connectivity index (χ3n) is 9.65. The second-order valence-corrected chi connectivity index (χ2v) is 14.0. The average Bonchev–Trinajstić information content (AvgIpc) is 3.76. The number of rotatable bonds is 10. The van der Waals surface area contributed by atoms with Crippen LogP contribution < -0.4 is 0 Å². The Morgan fingerprint density at radius 1 is 1.26 bits per heavy atom.